The molecule has 4 N–H and O–H groups in total. The normalized spacial score (nSPS) is 11.7. The molecule has 0 aliphatic heterocycles. The van der Waals surface area contributed by atoms with Gasteiger partial charge in [0.05, 0.1) is 15.6 Å². The number of aromatic nitrogens is 1. The standard InChI is InChI=1S/C21H18Cl2N4O5/c1-2-25-16-17(19(29)18(16)28)27-14(21(31)32)7-10-3-5-11(6-4-10)26-20(30)15-12(22)8-24-9-13(15)23/h3-6,8-9,14,25,27H,2,7H2,1H3,(H,26,30)(H,31,32)/t14-/m0/s1. The number of anilines is 3. The van der Waals surface area contributed by atoms with Crippen LogP contribution in [0.2, 0.25) is 10.0 Å². The van der Waals surface area contributed by atoms with E-state index in [1.165, 1.54) is 12.4 Å². The van der Waals surface area contributed by atoms with Crippen LogP contribution in [0.4, 0.5) is 17.1 Å². The van der Waals surface area contributed by atoms with E-state index < -0.39 is 28.8 Å². The van der Waals surface area contributed by atoms with Gasteiger partial charge in [0.25, 0.3) is 16.8 Å². The number of hydrogen-bond donors (Lipinski definition) is 4. The topological polar surface area (TPSA) is 137 Å². The fourth-order valence-corrected chi connectivity index (χ4v) is 3.57. The molecule has 1 amide bonds. The number of carboxylic acids is 1. The molecule has 0 saturated heterocycles. The lowest BCUT2D eigenvalue weighted by Gasteiger charge is -2.19. The Bertz CT molecular complexity index is 1220. The molecule has 166 valence electrons. The van der Waals surface area contributed by atoms with Crippen molar-refractivity contribution in [1.29, 1.82) is 0 Å². The van der Waals surface area contributed by atoms with Crippen LogP contribution in [0.5, 0.6) is 0 Å². The monoisotopic (exact) mass is 476 g/mol. The maximum absolute atomic E-state index is 12.4. The summed E-state index contributed by atoms with van der Waals surface area (Å²) in [6, 6.07) is 5.32. The first-order chi connectivity index (χ1) is 15.2. The third-order valence-corrected chi connectivity index (χ3v) is 5.19. The van der Waals surface area contributed by atoms with Crippen molar-refractivity contribution in [2.75, 3.05) is 22.5 Å². The van der Waals surface area contributed by atoms with Crippen LogP contribution in [0.25, 0.3) is 0 Å². The number of rotatable bonds is 9. The van der Waals surface area contributed by atoms with Crippen molar-refractivity contribution >= 4 is 52.1 Å². The van der Waals surface area contributed by atoms with E-state index in [9.17, 15) is 24.3 Å². The Labute approximate surface area is 192 Å². The highest BCUT2D eigenvalue weighted by atomic mass is 35.5. The van der Waals surface area contributed by atoms with Crippen LogP contribution in [0, 0.1) is 0 Å². The lowest BCUT2D eigenvalue weighted by Crippen LogP contribution is -2.42. The molecular weight excluding hydrogens is 459 g/mol. The van der Waals surface area contributed by atoms with Crippen LogP contribution in [0.15, 0.2) is 46.2 Å². The Kier molecular flexibility index (Phi) is 7.12. The first-order valence-electron chi connectivity index (χ1n) is 9.48. The van der Waals surface area contributed by atoms with E-state index in [1.807, 2.05) is 0 Å². The van der Waals surface area contributed by atoms with E-state index in [1.54, 1.807) is 31.2 Å². The second-order valence-corrected chi connectivity index (χ2v) is 7.62. The summed E-state index contributed by atoms with van der Waals surface area (Å²) >= 11 is 12.0. The lowest BCUT2D eigenvalue weighted by atomic mass is 10.0. The van der Waals surface area contributed by atoms with Gasteiger partial charge in [-0.05, 0) is 24.6 Å². The Hall–Kier alpha value is -3.43. The molecule has 3 rings (SSSR count). The number of carboxylic acid groups (broad SMARTS) is 1. The summed E-state index contributed by atoms with van der Waals surface area (Å²) in [4.78, 5) is 51.4. The number of benzene rings is 1. The Morgan fingerprint density at radius 1 is 1.03 bits per heavy atom. The first kappa shape index (κ1) is 23.2. The fourth-order valence-electron chi connectivity index (χ4n) is 3.03. The molecule has 0 radical (unpaired) electrons. The molecule has 0 aliphatic carbocycles. The maximum Gasteiger partial charge on any atom is 0.326 e. The summed E-state index contributed by atoms with van der Waals surface area (Å²) < 4.78 is 0. The van der Waals surface area contributed by atoms with E-state index in [2.05, 4.69) is 20.9 Å². The number of carbonyl (C=O) groups excluding carboxylic acids is 1. The van der Waals surface area contributed by atoms with Crippen LogP contribution >= 0.6 is 23.2 Å². The third-order valence-electron chi connectivity index (χ3n) is 4.61. The van der Waals surface area contributed by atoms with E-state index in [4.69, 9.17) is 23.2 Å². The number of hydrogen-bond acceptors (Lipinski definition) is 7. The molecule has 3 aromatic rings. The number of halogens is 2. The SMILES string of the molecule is CCNc1c(N[C@@H](Cc2ccc(NC(=O)c3c(Cl)cncc3Cl)cc2)C(=O)O)c(=O)c1=O. The van der Waals surface area contributed by atoms with Crippen LogP contribution < -0.4 is 26.8 Å². The minimum Gasteiger partial charge on any atom is -0.480 e. The summed E-state index contributed by atoms with van der Waals surface area (Å²) in [5.74, 6) is -1.70. The van der Waals surface area contributed by atoms with Crippen molar-refractivity contribution in [2.45, 2.75) is 19.4 Å². The molecule has 1 aromatic heterocycles. The van der Waals surface area contributed by atoms with Crippen molar-refractivity contribution in [1.82, 2.24) is 4.98 Å². The van der Waals surface area contributed by atoms with Gasteiger partial charge in [0.15, 0.2) is 0 Å². The van der Waals surface area contributed by atoms with E-state index >= 15 is 0 Å². The summed E-state index contributed by atoms with van der Waals surface area (Å²) in [5, 5.41) is 17.8. The summed E-state index contributed by atoms with van der Waals surface area (Å²) in [5.41, 5.74) is -0.195. The first-order valence-corrected chi connectivity index (χ1v) is 10.2. The second-order valence-electron chi connectivity index (χ2n) is 6.81. The van der Waals surface area contributed by atoms with Gasteiger partial charge >= 0.3 is 5.97 Å². The van der Waals surface area contributed by atoms with Crippen LogP contribution in [-0.4, -0.2) is 34.6 Å². The van der Waals surface area contributed by atoms with E-state index in [0.717, 1.165) is 0 Å². The van der Waals surface area contributed by atoms with Gasteiger partial charge in [0, 0.05) is 31.0 Å². The zero-order valence-corrected chi connectivity index (χ0v) is 18.3. The Morgan fingerprint density at radius 3 is 2.19 bits per heavy atom. The molecular formula is C21H18Cl2N4O5. The number of carbonyl (C=O) groups is 2. The quantitative estimate of drug-likeness (QED) is 0.346. The van der Waals surface area contributed by atoms with Crippen molar-refractivity contribution in [2.24, 2.45) is 0 Å². The summed E-state index contributed by atoms with van der Waals surface area (Å²) in [6.07, 6.45) is 2.65. The third kappa shape index (κ3) is 4.90. The molecule has 0 fully saturated rings. The molecule has 32 heavy (non-hydrogen) atoms. The summed E-state index contributed by atoms with van der Waals surface area (Å²) in [6.45, 7) is 2.17. The predicted octanol–water partition coefficient (Wildman–Crippen LogP) is 2.78. The zero-order chi connectivity index (χ0) is 23.4. The molecule has 0 spiro atoms. The lowest BCUT2D eigenvalue weighted by molar-refractivity contribution is -0.137. The second kappa shape index (κ2) is 9.80. The fraction of sp³-hybridized carbons (Fsp3) is 0.190. The van der Waals surface area contributed by atoms with Crippen molar-refractivity contribution in [3.05, 3.63) is 78.3 Å². The molecule has 0 bridgehead atoms. The number of pyridine rings is 1. The molecule has 2 aromatic carbocycles. The largest absolute Gasteiger partial charge is 0.480 e. The van der Waals surface area contributed by atoms with E-state index in [-0.39, 0.29) is 33.4 Å². The smallest absolute Gasteiger partial charge is 0.326 e. The van der Waals surface area contributed by atoms with Gasteiger partial charge in [-0.2, -0.15) is 0 Å². The van der Waals surface area contributed by atoms with Gasteiger partial charge in [-0.3, -0.25) is 19.4 Å². The van der Waals surface area contributed by atoms with Gasteiger partial charge in [-0.15, -0.1) is 0 Å². The van der Waals surface area contributed by atoms with E-state index in [0.29, 0.717) is 17.8 Å². The number of nitrogens with one attached hydrogen (secondary N) is 3. The minimum absolute atomic E-state index is 0.0285. The number of amides is 1. The molecule has 0 unspecified atom stereocenters. The van der Waals surface area contributed by atoms with Gasteiger partial charge in [0.1, 0.15) is 17.4 Å². The highest BCUT2D eigenvalue weighted by Crippen LogP contribution is 2.24. The van der Waals surface area contributed by atoms with Gasteiger partial charge in [-0.25, -0.2) is 4.79 Å². The molecule has 0 saturated carbocycles. The molecule has 11 heteroatoms. The summed E-state index contributed by atoms with van der Waals surface area (Å²) in [7, 11) is 0. The maximum atomic E-state index is 12.4. The van der Waals surface area contributed by atoms with Gasteiger partial charge in [-0.1, -0.05) is 35.3 Å². The number of aliphatic carboxylic acids is 1. The molecule has 0 aliphatic rings. The highest BCUT2D eigenvalue weighted by molar-refractivity contribution is 6.40. The van der Waals surface area contributed by atoms with Gasteiger partial charge < -0.3 is 21.1 Å². The van der Waals surface area contributed by atoms with Crippen LogP contribution in [0.3, 0.4) is 0 Å². The minimum atomic E-state index is -1.18. The Balaban J connectivity index is 1.70. The van der Waals surface area contributed by atoms with Crippen LogP contribution in [-0.2, 0) is 11.2 Å². The Morgan fingerprint density at radius 2 is 1.62 bits per heavy atom. The highest BCUT2D eigenvalue weighted by Gasteiger charge is 2.26. The van der Waals surface area contributed by atoms with Gasteiger partial charge in [0.2, 0.25) is 0 Å². The number of nitrogens with zero attached hydrogens (tertiary/aromatic N) is 1. The predicted molar refractivity (Wildman–Crippen MR) is 123 cm³/mol. The molecule has 9 nitrogen and oxygen atoms in total. The molecule has 1 heterocycles. The van der Waals surface area contributed by atoms with Crippen molar-refractivity contribution in [3.8, 4) is 0 Å². The average Bonchev–Trinajstić information content (AvgIpc) is 2.76. The average molecular weight is 477 g/mol. The van der Waals surface area contributed by atoms with Crippen LogP contribution in [0.1, 0.15) is 22.8 Å². The van der Waals surface area contributed by atoms with Crippen molar-refractivity contribution < 1.29 is 14.7 Å². The zero-order valence-electron chi connectivity index (χ0n) is 16.7. The van der Waals surface area contributed by atoms with Crippen molar-refractivity contribution in [3.63, 3.8) is 0 Å². The molecule has 1 atom stereocenters.